The minimum atomic E-state index is -0.898. The van der Waals surface area contributed by atoms with E-state index in [1.54, 1.807) is 6.92 Å². The summed E-state index contributed by atoms with van der Waals surface area (Å²) in [6.07, 6.45) is 1.43. The lowest BCUT2D eigenvalue weighted by Gasteiger charge is -2.16. The van der Waals surface area contributed by atoms with E-state index in [1.165, 1.54) is 6.20 Å². The summed E-state index contributed by atoms with van der Waals surface area (Å²) in [7, 11) is -0.351. The lowest BCUT2D eigenvalue weighted by Crippen LogP contribution is -2.09. The molecule has 10 heteroatoms. The molecular weight excluding hydrogens is 416 g/mol. The average molecular weight is 434 g/mol. The van der Waals surface area contributed by atoms with Crippen molar-refractivity contribution < 1.29 is 9.31 Å². The van der Waals surface area contributed by atoms with Gasteiger partial charge in [0.2, 0.25) is 11.8 Å². The zero-order chi connectivity index (χ0) is 21.1. The number of aryl methyl sites for hydroxylation is 1. The molecule has 0 unspecified atom stereocenters. The third-order valence-electron chi connectivity index (χ3n) is 4.12. The number of para-hydroxylation sites is 1. The topological polar surface area (TPSA) is 93.0 Å². The summed E-state index contributed by atoms with van der Waals surface area (Å²) >= 11 is 6.25. The van der Waals surface area contributed by atoms with Crippen LogP contribution in [0.4, 0.5) is 33.2 Å². The molecule has 0 saturated carbocycles. The van der Waals surface area contributed by atoms with Gasteiger partial charge in [-0.25, -0.2) is 4.98 Å². The summed E-state index contributed by atoms with van der Waals surface area (Å²) in [4.78, 5) is 18.7. The largest absolute Gasteiger partial charge is 0.338 e. The van der Waals surface area contributed by atoms with Crippen molar-refractivity contribution in [1.29, 1.82) is 0 Å². The van der Waals surface area contributed by atoms with E-state index in [1.807, 2.05) is 24.3 Å². The molecule has 0 bridgehead atoms. The Morgan fingerprint density at radius 1 is 1.17 bits per heavy atom. The van der Waals surface area contributed by atoms with Crippen LogP contribution >= 0.6 is 19.5 Å². The van der Waals surface area contributed by atoms with Gasteiger partial charge in [-0.15, -0.1) is 0 Å². The van der Waals surface area contributed by atoms with Crippen LogP contribution in [-0.2, 0) is 0 Å². The molecule has 7 nitrogen and oxygen atoms in total. The lowest BCUT2D eigenvalue weighted by atomic mass is 10.1. The van der Waals surface area contributed by atoms with Gasteiger partial charge < -0.3 is 10.6 Å². The first-order valence-electron chi connectivity index (χ1n) is 8.53. The Morgan fingerprint density at radius 2 is 1.90 bits per heavy atom. The molecule has 0 spiro atoms. The summed E-state index contributed by atoms with van der Waals surface area (Å²) in [6.45, 7) is 5.93. The molecule has 3 aromatic rings. The predicted octanol–water partition coefficient (Wildman–Crippen LogP) is 5.34. The standard InChI is InChI=1S/C19H18ClFN5O2P/c1-11-8-13(21)16(26(27)28)9-15(11)24-19-22-10-12(20)18(25-19)23-14-6-4-5-7-17(14)29(2)3/h4-10H,1-3H3,(H2,22,23,24,25). The molecule has 2 N–H and O–H groups in total. The predicted molar refractivity (Wildman–Crippen MR) is 116 cm³/mol. The quantitative estimate of drug-likeness (QED) is 0.309. The second kappa shape index (κ2) is 8.68. The minimum absolute atomic E-state index is 0.175. The van der Waals surface area contributed by atoms with E-state index in [4.69, 9.17) is 11.6 Å². The Hall–Kier alpha value is -2.83. The number of nitrogens with zero attached hydrogens (tertiary/aromatic N) is 3. The van der Waals surface area contributed by atoms with Crippen LogP contribution in [0.3, 0.4) is 0 Å². The van der Waals surface area contributed by atoms with Gasteiger partial charge in [-0.05, 0) is 43.3 Å². The molecule has 3 rings (SSSR count). The van der Waals surface area contributed by atoms with Crippen LogP contribution in [-0.4, -0.2) is 28.2 Å². The molecule has 0 amide bonds. The molecule has 0 aliphatic heterocycles. The molecule has 0 atom stereocenters. The summed E-state index contributed by atoms with van der Waals surface area (Å²) in [6, 6.07) is 10.1. The smallest absolute Gasteiger partial charge is 0.306 e. The first kappa shape index (κ1) is 20.9. The fraction of sp³-hybridized carbons (Fsp3) is 0.158. The highest BCUT2D eigenvalue weighted by Crippen LogP contribution is 2.32. The van der Waals surface area contributed by atoms with E-state index in [0.717, 1.165) is 23.1 Å². The third kappa shape index (κ3) is 4.78. The molecule has 29 heavy (non-hydrogen) atoms. The van der Waals surface area contributed by atoms with E-state index in [0.29, 0.717) is 22.1 Å². The maximum Gasteiger partial charge on any atom is 0.306 e. The van der Waals surface area contributed by atoms with Gasteiger partial charge in [0, 0.05) is 11.8 Å². The number of nitro benzene ring substituents is 1. The van der Waals surface area contributed by atoms with Crippen molar-refractivity contribution in [3.8, 4) is 0 Å². The Morgan fingerprint density at radius 3 is 2.59 bits per heavy atom. The molecule has 0 aliphatic carbocycles. The Labute approximate surface area is 173 Å². The first-order valence-corrected chi connectivity index (χ1v) is 11.1. The summed E-state index contributed by atoms with van der Waals surface area (Å²) in [5, 5.41) is 18.6. The van der Waals surface area contributed by atoms with Gasteiger partial charge in [0.05, 0.1) is 16.8 Å². The highest BCUT2D eigenvalue weighted by molar-refractivity contribution is 7.64. The van der Waals surface area contributed by atoms with Crippen molar-refractivity contribution in [2.24, 2.45) is 0 Å². The number of benzene rings is 2. The maximum absolute atomic E-state index is 13.8. The molecule has 150 valence electrons. The van der Waals surface area contributed by atoms with Crippen LogP contribution in [0.5, 0.6) is 0 Å². The molecule has 1 heterocycles. The average Bonchev–Trinajstić information content (AvgIpc) is 2.66. The molecule has 0 saturated heterocycles. The zero-order valence-corrected chi connectivity index (χ0v) is 17.6. The first-order chi connectivity index (χ1) is 13.8. The summed E-state index contributed by atoms with van der Waals surface area (Å²) in [5.74, 6) is -0.332. The number of nitro groups is 1. The van der Waals surface area contributed by atoms with Crippen molar-refractivity contribution in [2.75, 3.05) is 24.0 Å². The summed E-state index contributed by atoms with van der Waals surface area (Å²) < 4.78 is 13.8. The fourth-order valence-electron chi connectivity index (χ4n) is 2.67. The van der Waals surface area contributed by atoms with E-state index in [2.05, 4.69) is 33.9 Å². The monoisotopic (exact) mass is 433 g/mol. The fourth-order valence-corrected chi connectivity index (χ4v) is 3.80. The van der Waals surface area contributed by atoms with Crippen LogP contribution < -0.4 is 15.9 Å². The number of halogens is 2. The number of rotatable bonds is 6. The highest BCUT2D eigenvalue weighted by Gasteiger charge is 2.18. The Balaban J connectivity index is 1.93. The normalized spacial score (nSPS) is 10.8. The van der Waals surface area contributed by atoms with E-state index >= 15 is 0 Å². The molecule has 0 radical (unpaired) electrons. The minimum Gasteiger partial charge on any atom is -0.338 e. The lowest BCUT2D eigenvalue weighted by molar-refractivity contribution is -0.387. The van der Waals surface area contributed by atoms with Gasteiger partial charge in [0.1, 0.15) is 5.02 Å². The van der Waals surface area contributed by atoms with Crippen LogP contribution in [0.25, 0.3) is 0 Å². The van der Waals surface area contributed by atoms with Gasteiger partial charge in [-0.1, -0.05) is 37.7 Å². The molecule has 2 aromatic carbocycles. The van der Waals surface area contributed by atoms with Crippen LogP contribution in [0.1, 0.15) is 5.56 Å². The van der Waals surface area contributed by atoms with Crippen molar-refractivity contribution >= 4 is 53.7 Å². The second-order valence-electron chi connectivity index (χ2n) is 6.43. The van der Waals surface area contributed by atoms with E-state index in [9.17, 15) is 14.5 Å². The van der Waals surface area contributed by atoms with Crippen LogP contribution in [0.2, 0.25) is 5.02 Å². The van der Waals surface area contributed by atoms with E-state index < -0.39 is 16.4 Å². The Bertz CT molecular complexity index is 1080. The van der Waals surface area contributed by atoms with Gasteiger partial charge in [0.25, 0.3) is 0 Å². The maximum atomic E-state index is 13.8. The number of hydrogen-bond acceptors (Lipinski definition) is 6. The van der Waals surface area contributed by atoms with Crippen molar-refractivity contribution in [3.63, 3.8) is 0 Å². The Kier molecular flexibility index (Phi) is 6.25. The van der Waals surface area contributed by atoms with E-state index in [-0.39, 0.29) is 13.9 Å². The van der Waals surface area contributed by atoms with Crippen molar-refractivity contribution in [3.05, 3.63) is 69.1 Å². The number of nitrogens with one attached hydrogen (secondary N) is 2. The van der Waals surface area contributed by atoms with Crippen molar-refractivity contribution in [2.45, 2.75) is 6.92 Å². The highest BCUT2D eigenvalue weighted by atomic mass is 35.5. The van der Waals surface area contributed by atoms with Crippen LogP contribution in [0.15, 0.2) is 42.6 Å². The molecular formula is C19H18ClFN5O2P. The molecule has 0 fully saturated rings. The number of anilines is 4. The molecule has 1 aromatic heterocycles. The number of aromatic nitrogens is 2. The van der Waals surface area contributed by atoms with Crippen molar-refractivity contribution in [1.82, 2.24) is 9.97 Å². The SMILES string of the molecule is Cc1cc(F)c([N+](=O)[O-])cc1Nc1ncc(Cl)c(Nc2ccccc2P(C)C)n1. The van der Waals surface area contributed by atoms with Gasteiger partial charge in [-0.2, -0.15) is 9.37 Å². The van der Waals surface area contributed by atoms with Gasteiger partial charge >= 0.3 is 5.69 Å². The number of hydrogen-bond donors (Lipinski definition) is 2. The second-order valence-corrected chi connectivity index (χ2v) is 9.11. The van der Waals surface area contributed by atoms with Gasteiger partial charge in [-0.3, -0.25) is 10.1 Å². The zero-order valence-electron chi connectivity index (χ0n) is 15.9. The third-order valence-corrected chi connectivity index (χ3v) is 5.75. The van der Waals surface area contributed by atoms with Crippen LogP contribution in [0, 0.1) is 22.9 Å². The van der Waals surface area contributed by atoms with Gasteiger partial charge in [0.15, 0.2) is 5.82 Å². The molecule has 0 aliphatic rings. The summed E-state index contributed by atoms with van der Waals surface area (Å²) in [5.41, 5.74) is 1.08.